The summed E-state index contributed by atoms with van der Waals surface area (Å²) in [7, 11) is 0. The molecule has 0 saturated heterocycles. The first-order valence-electron chi connectivity index (χ1n) is 17.5. The number of nitrogens with zero attached hydrogens (tertiary/aromatic N) is 4. The maximum atomic E-state index is 6.91. The summed E-state index contributed by atoms with van der Waals surface area (Å²) in [5.74, 6) is 1.85. The van der Waals surface area contributed by atoms with Gasteiger partial charge in [0.1, 0.15) is 11.2 Å². The third-order valence-electron chi connectivity index (χ3n) is 10.2. The molecule has 0 unspecified atom stereocenters. The van der Waals surface area contributed by atoms with E-state index in [2.05, 4.69) is 114 Å². The van der Waals surface area contributed by atoms with Gasteiger partial charge in [0.05, 0.1) is 11.0 Å². The minimum absolute atomic E-state index is 0.601. The summed E-state index contributed by atoms with van der Waals surface area (Å²) in [4.78, 5) is 15.2. The fourth-order valence-corrected chi connectivity index (χ4v) is 7.86. The Balaban J connectivity index is 1.19. The van der Waals surface area contributed by atoms with Crippen LogP contribution in [0.5, 0.6) is 0 Å². The summed E-state index contributed by atoms with van der Waals surface area (Å²) in [6.07, 6.45) is 0. The molecule has 0 N–H and O–H groups in total. The standard InChI is InChI=1S/C47H28N4O/c1-3-14-30(15-4-1)45-48-46(31-16-5-2-6-17-31)50-47(49-45)38-27-32-18-8-10-20-35(32)44-43(38)37-25-24-33(28-41(37)52-44)51-39-22-12-11-21-36(39)42-34-19-9-7-13-29(34)23-26-40(42)51/h1-28H. The Labute approximate surface area is 298 Å². The summed E-state index contributed by atoms with van der Waals surface area (Å²) in [5, 5.41) is 9.05. The lowest BCUT2D eigenvalue weighted by molar-refractivity contribution is 0.672. The first-order chi connectivity index (χ1) is 25.8. The molecular formula is C47H28N4O. The van der Waals surface area contributed by atoms with Crippen LogP contribution >= 0.6 is 0 Å². The first kappa shape index (κ1) is 28.7. The molecule has 0 bridgehead atoms. The van der Waals surface area contributed by atoms with Crippen LogP contribution in [0, 0.1) is 0 Å². The van der Waals surface area contributed by atoms with Gasteiger partial charge in [0, 0.05) is 55.4 Å². The number of aromatic nitrogens is 4. The Morgan fingerprint density at radius 1 is 0.404 bits per heavy atom. The Morgan fingerprint density at radius 3 is 1.77 bits per heavy atom. The molecule has 3 heterocycles. The van der Waals surface area contributed by atoms with Crippen LogP contribution in [0.4, 0.5) is 0 Å². The van der Waals surface area contributed by atoms with Crippen LogP contribution in [-0.4, -0.2) is 19.5 Å². The highest BCUT2D eigenvalue weighted by atomic mass is 16.3. The zero-order chi connectivity index (χ0) is 34.2. The molecule has 242 valence electrons. The van der Waals surface area contributed by atoms with E-state index in [1.807, 2.05) is 60.7 Å². The number of benzene rings is 8. The lowest BCUT2D eigenvalue weighted by Gasteiger charge is -2.11. The molecule has 0 atom stereocenters. The molecule has 11 rings (SSSR count). The van der Waals surface area contributed by atoms with Crippen molar-refractivity contribution in [3.8, 4) is 39.9 Å². The minimum atomic E-state index is 0.601. The van der Waals surface area contributed by atoms with Crippen molar-refractivity contribution in [3.05, 3.63) is 170 Å². The van der Waals surface area contributed by atoms with Crippen LogP contribution in [0.2, 0.25) is 0 Å². The van der Waals surface area contributed by atoms with E-state index in [1.54, 1.807) is 0 Å². The minimum Gasteiger partial charge on any atom is -0.455 e. The molecule has 0 aliphatic rings. The van der Waals surface area contributed by atoms with Gasteiger partial charge < -0.3 is 8.98 Å². The van der Waals surface area contributed by atoms with Crippen molar-refractivity contribution in [3.63, 3.8) is 0 Å². The van der Waals surface area contributed by atoms with Gasteiger partial charge >= 0.3 is 0 Å². The second-order valence-corrected chi connectivity index (χ2v) is 13.2. The van der Waals surface area contributed by atoms with E-state index in [-0.39, 0.29) is 0 Å². The number of hydrogen-bond donors (Lipinski definition) is 0. The molecule has 52 heavy (non-hydrogen) atoms. The van der Waals surface area contributed by atoms with Crippen LogP contribution in [0.3, 0.4) is 0 Å². The summed E-state index contributed by atoms with van der Waals surface area (Å²) in [6, 6.07) is 59.1. The molecule has 0 amide bonds. The van der Waals surface area contributed by atoms with Crippen molar-refractivity contribution in [1.82, 2.24) is 19.5 Å². The number of para-hydroxylation sites is 1. The Bertz CT molecular complexity index is 3120. The molecule has 0 saturated carbocycles. The molecule has 0 aliphatic carbocycles. The van der Waals surface area contributed by atoms with Crippen molar-refractivity contribution in [2.24, 2.45) is 0 Å². The predicted molar refractivity (Wildman–Crippen MR) is 213 cm³/mol. The van der Waals surface area contributed by atoms with E-state index in [1.165, 1.54) is 21.5 Å². The third-order valence-corrected chi connectivity index (χ3v) is 10.2. The van der Waals surface area contributed by atoms with Crippen LogP contribution in [0.15, 0.2) is 174 Å². The average molecular weight is 665 g/mol. The molecule has 11 aromatic rings. The predicted octanol–water partition coefficient (Wildman–Crippen LogP) is 12.2. The van der Waals surface area contributed by atoms with Gasteiger partial charge in [-0.25, -0.2) is 15.0 Å². The summed E-state index contributed by atoms with van der Waals surface area (Å²) < 4.78 is 9.26. The normalized spacial score (nSPS) is 11.8. The lowest BCUT2D eigenvalue weighted by atomic mass is 9.99. The third kappa shape index (κ3) is 4.33. The molecule has 5 heteroatoms. The molecule has 0 aliphatic heterocycles. The average Bonchev–Trinajstić information content (AvgIpc) is 3.77. The number of hydrogen-bond acceptors (Lipinski definition) is 4. The van der Waals surface area contributed by atoms with Gasteiger partial charge in [-0.1, -0.05) is 133 Å². The highest BCUT2D eigenvalue weighted by Gasteiger charge is 2.22. The smallest absolute Gasteiger partial charge is 0.164 e. The van der Waals surface area contributed by atoms with Crippen molar-refractivity contribution in [2.75, 3.05) is 0 Å². The molecule has 8 aromatic carbocycles. The second-order valence-electron chi connectivity index (χ2n) is 13.2. The van der Waals surface area contributed by atoms with E-state index < -0.39 is 0 Å². The Morgan fingerprint density at radius 2 is 1.02 bits per heavy atom. The maximum Gasteiger partial charge on any atom is 0.164 e. The van der Waals surface area contributed by atoms with Gasteiger partial charge in [-0.15, -0.1) is 0 Å². The second kappa shape index (κ2) is 11.2. The highest BCUT2D eigenvalue weighted by Crippen LogP contribution is 2.43. The van der Waals surface area contributed by atoms with Crippen molar-refractivity contribution in [2.45, 2.75) is 0 Å². The quantitative estimate of drug-likeness (QED) is 0.188. The summed E-state index contributed by atoms with van der Waals surface area (Å²) >= 11 is 0. The zero-order valence-electron chi connectivity index (χ0n) is 27.9. The van der Waals surface area contributed by atoms with Crippen LogP contribution in [-0.2, 0) is 0 Å². The van der Waals surface area contributed by atoms with Gasteiger partial charge in [-0.05, 0) is 46.5 Å². The van der Waals surface area contributed by atoms with Crippen molar-refractivity contribution in [1.29, 1.82) is 0 Å². The van der Waals surface area contributed by atoms with Crippen LogP contribution < -0.4 is 0 Å². The molecule has 3 aromatic heterocycles. The lowest BCUT2D eigenvalue weighted by Crippen LogP contribution is -2.00. The van der Waals surface area contributed by atoms with Crippen LogP contribution in [0.25, 0.3) is 105 Å². The van der Waals surface area contributed by atoms with E-state index in [0.717, 1.165) is 66.1 Å². The highest BCUT2D eigenvalue weighted by molar-refractivity contribution is 6.23. The van der Waals surface area contributed by atoms with Gasteiger partial charge in [-0.3, -0.25) is 0 Å². The van der Waals surface area contributed by atoms with Crippen molar-refractivity contribution >= 4 is 65.3 Å². The molecule has 5 nitrogen and oxygen atoms in total. The van der Waals surface area contributed by atoms with Gasteiger partial charge in [0.25, 0.3) is 0 Å². The fraction of sp³-hybridized carbons (Fsp3) is 0. The fourth-order valence-electron chi connectivity index (χ4n) is 7.86. The Kier molecular flexibility index (Phi) is 6.18. The number of furan rings is 1. The SMILES string of the molecule is c1ccc(-c2nc(-c3ccccc3)nc(-c3cc4ccccc4c4oc5cc(-n6c7ccccc7c7c8ccccc8ccc76)ccc5c34)n2)cc1. The number of rotatable bonds is 4. The largest absolute Gasteiger partial charge is 0.455 e. The number of fused-ring (bicyclic) bond motifs is 10. The van der Waals surface area contributed by atoms with E-state index in [0.29, 0.717) is 17.5 Å². The first-order valence-corrected chi connectivity index (χ1v) is 17.5. The van der Waals surface area contributed by atoms with Crippen LogP contribution in [0.1, 0.15) is 0 Å². The van der Waals surface area contributed by atoms with Gasteiger partial charge in [0.15, 0.2) is 17.5 Å². The molecule has 0 radical (unpaired) electrons. The van der Waals surface area contributed by atoms with E-state index in [4.69, 9.17) is 19.4 Å². The van der Waals surface area contributed by atoms with E-state index in [9.17, 15) is 0 Å². The monoisotopic (exact) mass is 664 g/mol. The van der Waals surface area contributed by atoms with Gasteiger partial charge in [-0.2, -0.15) is 0 Å². The maximum absolute atomic E-state index is 6.91. The molecular weight excluding hydrogens is 637 g/mol. The zero-order valence-corrected chi connectivity index (χ0v) is 27.9. The summed E-state index contributed by atoms with van der Waals surface area (Å²) in [6.45, 7) is 0. The van der Waals surface area contributed by atoms with Crippen molar-refractivity contribution < 1.29 is 4.42 Å². The topological polar surface area (TPSA) is 56.7 Å². The van der Waals surface area contributed by atoms with E-state index >= 15 is 0 Å². The van der Waals surface area contributed by atoms with Gasteiger partial charge in [0.2, 0.25) is 0 Å². The Hall–Kier alpha value is -7.11. The summed E-state index contributed by atoms with van der Waals surface area (Å²) in [5.41, 5.74) is 7.74. The molecule has 0 fully saturated rings. The molecule has 0 spiro atoms.